The summed E-state index contributed by atoms with van der Waals surface area (Å²) in [6.45, 7) is 2.84. The first-order chi connectivity index (χ1) is 8.24. The number of ether oxygens (including phenoxy) is 2. The van der Waals surface area contributed by atoms with Crippen LogP contribution in [0.1, 0.15) is 11.7 Å². The molecule has 1 aliphatic rings. The monoisotopic (exact) mass is 238 g/mol. The molecule has 5 nitrogen and oxygen atoms in total. The number of carbonyl (C=O) groups is 1. The van der Waals surface area contributed by atoms with E-state index in [9.17, 15) is 4.79 Å². The number of carbonyl (C=O) groups excluding carboxylic acids is 1. The van der Waals surface area contributed by atoms with Crippen molar-refractivity contribution < 1.29 is 14.3 Å². The smallest absolute Gasteiger partial charge is 0.329 e. The number of morpholine rings is 1. The molecule has 1 unspecified atom stereocenters. The van der Waals surface area contributed by atoms with Gasteiger partial charge in [0.25, 0.3) is 0 Å². The third-order valence-electron chi connectivity index (χ3n) is 3.10. The summed E-state index contributed by atoms with van der Waals surface area (Å²) in [5, 5.41) is 0. The van der Waals surface area contributed by atoms with Gasteiger partial charge in [-0.05, 0) is 12.1 Å². The second-order valence-electron chi connectivity index (χ2n) is 4.12. The molecule has 0 saturated carbocycles. The summed E-state index contributed by atoms with van der Waals surface area (Å²) in [6.07, 6.45) is 1.94. The molecular weight excluding hydrogens is 220 g/mol. The van der Waals surface area contributed by atoms with Gasteiger partial charge in [-0.15, -0.1) is 0 Å². The maximum Gasteiger partial charge on any atom is 0.329 e. The van der Waals surface area contributed by atoms with E-state index in [2.05, 4.69) is 4.90 Å². The zero-order chi connectivity index (χ0) is 12.3. The Bertz CT molecular complexity index is 383. The topological polar surface area (TPSA) is 43.7 Å². The highest BCUT2D eigenvalue weighted by Gasteiger charge is 2.31. The van der Waals surface area contributed by atoms with Gasteiger partial charge in [0, 0.05) is 32.0 Å². The van der Waals surface area contributed by atoms with Crippen LogP contribution in [0.5, 0.6) is 0 Å². The van der Waals surface area contributed by atoms with E-state index in [0.717, 1.165) is 18.8 Å². The molecule has 0 N–H and O–H groups in total. The highest BCUT2D eigenvalue weighted by atomic mass is 16.5. The number of nitrogens with zero attached hydrogens (tertiary/aromatic N) is 2. The number of rotatable bonds is 3. The minimum Gasteiger partial charge on any atom is -0.468 e. The number of hydrogen-bond donors (Lipinski definition) is 0. The molecule has 0 spiro atoms. The van der Waals surface area contributed by atoms with Gasteiger partial charge in [0.1, 0.15) is 6.04 Å². The predicted octanol–water partition coefficient (Wildman–Crippen LogP) is 0.571. The Morgan fingerprint density at radius 2 is 2.18 bits per heavy atom. The summed E-state index contributed by atoms with van der Waals surface area (Å²) in [4.78, 5) is 14.0. The fraction of sp³-hybridized carbons (Fsp3) is 0.583. The third-order valence-corrected chi connectivity index (χ3v) is 3.10. The number of esters is 1. The van der Waals surface area contributed by atoms with E-state index in [0.29, 0.717) is 13.2 Å². The number of methoxy groups -OCH3 is 1. The summed E-state index contributed by atoms with van der Waals surface area (Å²) in [7, 11) is 3.37. The number of aromatic nitrogens is 1. The molecule has 2 heterocycles. The van der Waals surface area contributed by atoms with E-state index in [1.54, 1.807) is 0 Å². The van der Waals surface area contributed by atoms with Crippen molar-refractivity contribution in [3.63, 3.8) is 0 Å². The van der Waals surface area contributed by atoms with Crippen LogP contribution in [0.4, 0.5) is 0 Å². The maximum absolute atomic E-state index is 11.9. The Morgan fingerprint density at radius 1 is 1.47 bits per heavy atom. The van der Waals surface area contributed by atoms with Crippen molar-refractivity contribution >= 4 is 5.97 Å². The predicted molar refractivity (Wildman–Crippen MR) is 62.6 cm³/mol. The Morgan fingerprint density at radius 3 is 2.71 bits per heavy atom. The van der Waals surface area contributed by atoms with Crippen molar-refractivity contribution in [1.82, 2.24) is 9.47 Å². The van der Waals surface area contributed by atoms with E-state index in [1.165, 1.54) is 7.11 Å². The van der Waals surface area contributed by atoms with Crippen LogP contribution in [-0.2, 0) is 21.3 Å². The van der Waals surface area contributed by atoms with Crippen LogP contribution in [0.2, 0.25) is 0 Å². The minimum atomic E-state index is -0.330. The Balaban J connectivity index is 2.24. The second-order valence-corrected chi connectivity index (χ2v) is 4.12. The molecule has 0 aliphatic carbocycles. The largest absolute Gasteiger partial charge is 0.468 e. The molecule has 1 aromatic heterocycles. The van der Waals surface area contributed by atoms with Crippen molar-refractivity contribution in [2.75, 3.05) is 33.4 Å². The van der Waals surface area contributed by atoms with Crippen molar-refractivity contribution in [3.8, 4) is 0 Å². The van der Waals surface area contributed by atoms with Gasteiger partial charge >= 0.3 is 5.97 Å². The van der Waals surface area contributed by atoms with Crippen molar-refractivity contribution in [2.24, 2.45) is 7.05 Å². The van der Waals surface area contributed by atoms with Gasteiger partial charge < -0.3 is 14.0 Å². The van der Waals surface area contributed by atoms with Crippen LogP contribution in [-0.4, -0.2) is 48.8 Å². The Hall–Kier alpha value is -1.33. The first kappa shape index (κ1) is 12.1. The molecule has 5 heteroatoms. The van der Waals surface area contributed by atoms with Crippen LogP contribution in [0.15, 0.2) is 18.3 Å². The average molecular weight is 238 g/mol. The van der Waals surface area contributed by atoms with Crippen LogP contribution in [0.25, 0.3) is 0 Å². The number of aryl methyl sites for hydroxylation is 1. The van der Waals surface area contributed by atoms with Gasteiger partial charge in [-0.2, -0.15) is 0 Å². The normalized spacial score (nSPS) is 18.9. The van der Waals surface area contributed by atoms with E-state index >= 15 is 0 Å². The van der Waals surface area contributed by atoms with Gasteiger partial charge in [-0.3, -0.25) is 4.90 Å². The summed E-state index contributed by atoms with van der Waals surface area (Å²) < 4.78 is 12.2. The molecule has 0 aromatic carbocycles. The molecule has 1 aliphatic heterocycles. The first-order valence-corrected chi connectivity index (χ1v) is 5.75. The van der Waals surface area contributed by atoms with E-state index in [-0.39, 0.29) is 12.0 Å². The van der Waals surface area contributed by atoms with Crippen LogP contribution >= 0.6 is 0 Å². The van der Waals surface area contributed by atoms with Gasteiger partial charge in [0.2, 0.25) is 0 Å². The molecule has 0 radical (unpaired) electrons. The Labute approximate surface area is 101 Å². The van der Waals surface area contributed by atoms with E-state index < -0.39 is 0 Å². The number of hydrogen-bond acceptors (Lipinski definition) is 4. The van der Waals surface area contributed by atoms with E-state index in [1.807, 2.05) is 29.9 Å². The molecule has 0 bridgehead atoms. The summed E-state index contributed by atoms with van der Waals surface area (Å²) >= 11 is 0. The zero-order valence-electron chi connectivity index (χ0n) is 10.3. The fourth-order valence-electron chi connectivity index (χ4n) is 2.16. The van der Waals surface area contributed by atoms with Crippen LogP contribution in [0, 0.1) is 0 Å². The third kappa shape index (κ3) is 2.50. The lowest BCUT2D eigenvalue weighted by Crippen LogP contribution is -2.43. The summed E-state index contributed by atoms with van der Waals surface area (Å²) in [6, 6.07) is 3.56. The lowest BCUT2D eigenvalue weighted by molar-refractivity contribution is -0.149. The van der Waals surface area contributed by atoms with Gasteiger partial charge in [-0.25, -0.2) is 4.79 Å². The lowest BCUT2D eigenvalue weighted by atomic mass is 10.1. The van der Waals surface area contributed by atoms with Gasteiger partial charge in [0.15, 0.2) is 0 Å². The van der Waals surface area contributed by atoms with Crippen LogP contribution < -0.4 is 0 Å². The highest BCUT2D eigenvalue weighted by molar-refractivity contribution is 5.77. The van der Waals surface area contributed by atoms with Crippen molar-refractivity contribution in [2.45, 2.75) is 6.04 Å². The molecule has 1 atom stereocenters. The standard InChI is InChI=1S/C12H18N2O3/c1-13-5-3-4-10(13)11(12(15)16-2)14-6-8-17-9-7-14/h3-5,11H,6-9H2,1-2H3. The molecule has 1 saturated heterocycles. The quantitative estimate of drug-likeness (QED) is 0.722. The van der Waals surface area contributed by atoms with Gasteiger partial charge in [-0.1, -0.05) is 0 Å². The lowest BCUT2D eigenvalue weighted by Gasteiger charge is -2.32. The molecule has 0 amide bonds. The van der Waals surface area contributed by atoms with Crippen LogP contribution in [0.3, 0.4) is 0 Å². The molecule has 17 heavy (non-hydrogen) atoms. The molecular formula is C12H18N2O3. The molecule has 1 aromatic rings. The minimum absolute atomic E-state index is 0.214. The van der Waals surface area contributed by atoms with Crippen molar-refractivity contribution in [1.29, 1.82) is 0 Å². The van der Waals surface area contributed by atoms with Gasteiger partial charge in [0.05, 0.1) is 20.3 Å². The second kappa shape index (κ2) is 5.33. The maximum atomic E-state index is 11.9. The zero-order valence-corrected chi connectivity index (χ0v) is 10.3. The van der Waals surface area contributed by atoms with E-state index in [4.69, 9.17) is 9.47 Å². The molecule has 1 fully saturated rings. The summed E-state index contributed by atoms with van der Waals surface area (Å²) in [5.74, 6) is -0.214. The Kier molecular flexibility index (Phi) is 3.81. The average Bonchev–Trinajstić information content (AvgIpc) is 2.77. The van der Waals surface area contributed by atoms with Crippen molar-refractivity contribution in [3.05, 3.63) is 24.0 Å². The summed E-state index contributed by atoms with van der Waals surface area (Å²) in [5.41, 5.74) is 0.957. The SMILES string of the molecule is COC(=O)C(c1cccn1C)N1CCOCC1. The molecule has 2 rings (SSSR count). The molecule has 94 valence electrons. The first-order valence-electron chi connectivity index (χ1n) is 5.75. The fourth-order valence-corrected chi connectivity index (χ4v) is 2.16. The highest BCUT2D eigenvalue weighted by Crippen LogP contribution is 2.23.